The first-order valence-electron chi connectivity index (χ1n) is 9.94. The van der Waals surface area contributed by atoms with Gasteiger partial charge in [0.05, 0.1) is 23.6 Å². The highest BCUT2D eigenvalue weighted by molar-refractivity contribution is 5.95. The smallest absolute Gasteiger partial charge is 0.256 e. The molecule has 6 nitrogen and oxygen atoms in total. The fourth-order valence-electron chi connectivity index (χ4n) is 3.55. The van der Waals surface area contributed by atoms with Gasteiger partial charge in [0.15, 0.2) is 5.82 Å². The second-order valence-electron chi connectivity index (χ2n) is 7.34. The van der Waals surface area contributed by atoms with Crippen molar-refractivity contribution in [2.24, 2.45) is 5.92 Å². The number of piperidine rings is 1. The van der Waals surface area contributed by atoms with E-state index in [0.717, 1.165) is 17.7 Å². The highest BCUT2D eigenvalue weighted by atomic mass is 19.1. The molecule has 1 aromatic heterocycles. The van der Waals surface area contributed by atoms with Crippen LogP contribution in [0.3, 0.4) is 0 Å². The number of nitrogens with one attached hydrogen (secondary N) is 1. The van der Waals surface area contributed by atoms with Gasteiger partial charge < -0.3 is 10.2 Å². The first-order valence-corrected chi connectivity index (χ1v) is 9.94. The lowest BCUT2D eigenvalue weighted by molar-refractivity contribution is -0.121. The summed E-state index contributed by atoms with van der Waals surface area (Å²) in [7, 11) is 0. The van der Waals surface area contributed by atoms with E-state index < -0.39 is 17.5 Å². The van der Waals surface area contributed by atoms with E-state index in [1.807, 2.05) is 30.3 Å². The number of hydrogen-bond acceptors (Lipinski definition) is 4. The van der Waals surface area contributed by atoms with Crippen molar-refractivity contribution >= 4 is 17.5 Å². The third-order valence-electron chi connectivity index (χ3n) is 5.27. The molecule has 2 amide bonds. The predicted octanol–water partition coefficient (Wildman–Crippen LogP) is 3.91. The van der Waals surface area contributed by atoms with Crippen LogP contribution in [0.4, 0.5) is 14.5 Å². The maximum absolute atomic E-state index is 13.9. The highest BCUT2D eigenvalue weighted by Crippen LogP contribution is 2.22. The molecule has 1 N–H and O–H groups in total. The van der Waals surface area contributed by atoms with Crippen LogP contribution in [0.2, 0.25) is 0 Å². The zero-order valence-corrected chi connectivity index (χ0v) is 16.6. The summed E-state index contributed by atoms with van der Waals surface area (Å²) in [6.07, 6.45) is 4.01. The maximum Gasteiger partial charge on any atom is 0.256 e. The minimum atomic E-state index is -0.885. The van der Waals surface area contributed by atoms with Crippen molar-refractivity contribution in [3.8, 4) is 11.4 Å². The molecular weight excluding hydrogens is 402 g/mol. The van der Waals surface area contributed by atoms with Gasteiger partial charge in [-0.1, -0.05) is 30.3 Å². The van der Waals surface area contributed by atoms with Gasteiger partial charge in [-0.15, -0.1) is 0 Å². The van der Waals surface area contributed by atoms with Crippen LogP contribution in [0.5, 0.6) is 0 Å². The van der Waals surface area contributed by atoms with Gasteiger partial charge in [0.25, 0.3) is 5.91 Å². The number of rotatable bonds is 4. The molecule has 0 aliphatic carbocycles. The van der Waals surface area contributed by atoms with Crippen LogP contribution in [0.1, 0.15) is 23.2 Å². The van der Waals surface area contributed by atoms with E-state index in [-0.39, 0.29) is 17.4 Å². The number of carbonyl (C=O) groups excluding carboxylic acids is 2. The second kappa shape index (κ2) is 8.99. The number of halogens is 2. The third kappa shape index (κ3) is 4.74. The van der Waals surface area contributed by atoms with Gasteiger partial charge >= 0.3 is 0 Å². The summed E-state index contributed by atoms with van der Waals surface area (Å²) in [5.41, 5.74) is 1.21. The number of nitrogens with zero attached hydrogens (tertiary/aromatic N) is 3. The van der Waals surface area contributed by atoms with Crippen LogP contribution < -0.4 is 5.32 Å². The van der Waals surface area contributed by atoms with Crippen LogP contribution in [0, 0.1) is 17.6 Å². The van der Waals surface area contributed by atoms with E-state index in [4.69, 9.17) is 0 Å². The van der Waals surface area contributed by atoms with Gasteiger partial charge in [0.1, 0.15) is 11.6 Å². The molecule has 1 saturated heterocycles. The number of carbonyl (C=O) groups is 2. The van der Waals surface area contributed by atoms with Crippen molar-refractivity contribution in [1.29, 1.82) is 0 Å². The molecule has 3 aromatic rings. The topological polar surface area (TPSA) is 75.2 Å². The van der Waals surface area contributed by atoms with Crippen LogP contribution in [-0.4, -0.2) is 39.8 Å². The number of amides is 2. The van der Waals surface area contributed by atoms with Crippen LogP contribution in [0.15, 0.2) is 60.9 Å². The lowest BCUT2D eigenvalue weighted by Crippen LogP contribution is -2.41. The number of hydrogen-bond donors (Lipinski definition) is 1. The molecule has 1 aliphatic rings. The Morgan fingerprint density at radius 1 is 0.968 bits per heavy atom. The molecule has 0 spiro atoms. The summed E-state index contributed by atoms with van der Waals surface area (Å²) in [4.78, 5) is 35.1. The fraction of sp³-hybridized carbons (Fsp3) is 0.217. The Bertz CT molecular complexity index is 1080. The van der Waals surface area contributed by atoms with Gasteiger partial charge in [-0.05, 0) is 25.0 Å². The summed E-state index contributed by atoms with van der Waals surface area (Å²) in [5.74, 6) is -2.00. The molecular formula is C23H20F2N4O2. The lowest BCUT2D eigenvalue weighted by atomic mass is 9.95. The molecule has 1 aliphatic heterocycles. The highest BCUT2D eigenvalue weighted by Gasteiger charge is 2.29. The summed E-state index contributed by atoms with van der Waals surface area (Å²) in [6, 6.07) is 12.4. The number of aromatic nitrogens is 2. The zero-order valence-electron chi connectivity index (χ0n) is 16.6. The Labute approximate surface area is 177 Å². The Hall–Kier alpha value is -3.68. The van der Waals surface area contributed by atoms with Crippen molar-refractivity contribution in [3.63, 3.8) is 0 Å². The molecule has 0 saturated carbocycles. The average molecular weight is 422 g/mol. The van der Waals surface area contributed by atoms with E-state index in [0.29, 0.717) is 43.5 Å². The first kappa shape index (κ1) is 20.6. The monoisotopic (exact) mass is 422 g/mol. The van der Waals surface area contributed by atoms with E-state index in [2.05, 4.69) is 15.3 Å². The summed E-state index contributed by atoms with van der Waals surface area (Å²) in [5, 5.41) is 2.81. The third-order valence-corrected chi connectivity index (χ3v) is 5.27. The summed E-state index contributed by atoms with van der Waals surface area (Å²) >= 11 is 0. The van der Waals surface area contributed by atoms with Crippen LogP contribution in [0.25, 0.3) is 11.4 Å². The first-order chi connectivity index (χ1) is 15.0. The second-order valence-corrected chi connectivity index (χ2v) is 7.34. The maximum atomic E-state index is 13.9. The van der Waals surface area contributed by atoms with Crippen molar-refractivity contribution in [2.75, 3.05) is 18.4 Å². The molecule has 2 heterocycles. The summed E-state index contributed by atoms with van der Waals surface area (Å²) in [6.45, 7) is 0.633. The molecule has 0 radical (unpaired) electrons. The zero-order chi connectivity index (χ0) is 21.8. The molecule has 0 bridgehead atoms. The molecule has 31 heavy (non-hydrogen) atoms. The standard InChI is InChI=1S/C23H20F2N4O2/c24-17-6-7-19(20(25)12-17)23(31)29-10-8-16(9-11-29)22(30)28-18-13-26-21(27-14-18)15-4-2-1-3-5-15/h1-7,12-14,16H,8-11H2,(H,28,30). The van der Waals surface area contributed by atoms with E-state index in [9.17, 15) is 18.4 Å². The van der Waals surface area contributed by atoms with Gasteiger partial charge in [0, 0.05) is 30.6 Å². The van der Waals surface area contributed by atoms with Crippen molar-refractivity contribution < 1.29 is 18.4 Å². The normalized spacial score (nSPS) is 14.3. The molecule has 0 atom stereocenters. The summed E-state index contributed by atoms with van der Waals surface area (Å²) < 4.78 is 26.9. The molecule has 1 fully saturated rings. The van der Waals surface area contributed by atoms with E-state index in [1.165, 1.54) is 4.90 Å². The van der Waals surface area contributed by atoms with Crippen molar-refractivity contribution in [3.05, 3.63) is 78.1 Å². The van der Waals surface area contributed by atoms with Crippen LogP contribution in [-0.2, 0) is 4.79 Å². The Kier molecular flexibility index (Phi) is 5.97. The van der Waals surface area contributed by atoms with Crippen molar-refractivity contribution in [1.82, 2.24) is 14.9 Å². The number of anilines is 1. The minimum absolute atomic E-state index is 0.167. The largest absolute Gasteiger partial charge is 0.339 e. The molecule has 158 valence electrons. The van der Waals surface area contributed by atoms with Crippen LogP contribution >= 0.6 is 0 Å². The van der Waals surface area contributed by atoms with E-state index >= 15 is 0 Å². The predicted molar refractivity (Wildman–Crippen MR) is 111 cm³/mol. The SMILES string of the molecule is O=C(Nc1cnc(-c2ccccc2)nc1)C1CCN(C(=O)c2ccc(F)cc2F)CC1. The molecule has 0 unspecified atom stereocenters. The quantitative estimate of drug-likeness (QED) is 0.692. The van der Waals surface area contributed by atoms with Gasteiger partial charge in [0.2, 0.25) is 5.91 Å². The van der Waals surface area contributed by atoms with Crippen molar-refractivity contribution in [2.45, 2.75) is 12.8 Å². The van der Waals surface area contributed by atoms with Gasteiger partial charge in [-0.3, -0.25) is 9.59 Å². The van der Waals surface area contributed by atoms with Gasteiger partial charge in [-0.25, -0.2) is 18.7 Å². The van der Waals surface area contributed by atoms with Gasteiger partial charge in [-0.2, -0.15) is 0 Å². The average Bonchev–Trinajstić information content (AvgIpc) is 2.80. The minimum Gasteiger partial charge on any atom is -0.339 e. The Morgan fingerprint density at radius 3 is 2.29 bits per heavy atom. The fourth-order valence-corrected chi connectivity index (χ4v) is 3.55. The molecule has 8 heteroatoms. The number of benzene rings is 2. The molecule has 2 aromatic carbocycles. The number of likely N-dealkylation sites (tertiary alicyclic amines) is 1. The Balaban J connectivity index is 1.32. The Morgan fingerprint density at radius 2 is 1.65 bits per heavy atom. The lowest BCUT2D eigenvalue weighted by Gasteiger charge is -2.31. The molecule has 4 rings (SSSR count). The van der Waals surface area contributed by atoms with E-state index in [1.54, 1.807) is 12.4 Å².